The quantitative estimate of drug-likeness (QED) is 0.288. The first-order valence-corrected chi connectivity index (χ1v) is 12.0. The van der Waals surface area contributed by atoms with Gasteiger partial charge >= 0.3 is 0 Å². The number of aromatic nitrogens is 3. The number of carbonyl (C=O) groups excluding carboxylic acids is 2. The molecule has 1 N–H and O–H groups in total. The first-order chi connectivity index (χ1) is 15.8. The number of benzene rings is 2. The van der Waals surface area contributed by atoms with E-state index in [2.05, 4.69) is 15.5 Å². The molecule has 1 aromatic heterocycles. The normalized spacial score (nSPS) is 12.8. The van der Waals surface area contributed by atoms with Crippen molar-refractivity contribution in [1.29, 1.82) is 0 Å². The number of para-hydroxylation sites is 1. The molecule has 0 radical (unpaired) electrons. The predicted molar refractivity (Wildman–Crippen MR) is 131 cm³/mol. The SMILES string of the molecule is CCC(Sc1nnc(C(C)Oc2ccccc2Cl)n1CC)C(=O)Nc1cccc(C(C)=O)c1. The maximum atomic E-state index is 12.9. The maximum absolute atomic E-state index is 12.9. The average Bonchev–Trinajstić information content (AvgIpc) is 3.21. The molecule has 7 nitrogen and oxygen atoms in total. The fraction of sp³-hybridized carbons (Fsp3) is 0.333. The van der Waals surface area contributed by atoms with Crippen molar-refractivity contribution in [3.05, 3.63) is 64.9 Å². The number of ketones is 1. The van der Waals surface area contributed by atoms with Crippen LogP contribution in [0.1, 0.15) is 56.4 Å². The summed E-state index contributed by atoms with van der Waals surface area (Å²) in [5, 5.41) is 12.3. The highest BCUT2D eigenvalue weighted by Gasteiger charge is 2.25. The molecule has 0 spiro atoms. The van der Waals surface area contributed by atoms with Crippen molar-refractivity contribution in [2.24, 2.45) is 0 Å². The van der Waals surface area contributed by atoms with E-state index in [4.69, 9.17) is 16.3 Å². The molecule has 0 saturated heterocycles. The van der Waals surface area contributed by atoms with Gasteiger partial charge in [0.15, 0.2) is 22.9 Å². The molecular weight excluding hydrogens is 460 g/mol. The van der Waals surface area contributed by atoms with Crippen molar-refractivity contribution >= 4 is 40.7 Å². The standard InChI is InChI=1S/C24H27ClN4O3S/c1-5-21(23(31)26-18-11-9-10-17(14-18)15(3)30)33-24-28-27-22(29(24)6-2)16(4)32-20-13-8-7-12-19(20)25/h7-14,16,21H,5-6H2,1-4H3,(H,26,31). The third-order valence-corrected chi connectivity index (χ3v) is 6.67. The summed E-state index contributed by atoms with van der Waals surface area (Å²) >= 11 is 7.57. The Morgan fingerprint density at radius 2 is 1.91 bits per heavy atom. The average molecular weight is 487 g/mol. The number of thioether (sulfide) groups is 1. The van der Waals surface area contributed by atoms with Crippen LogP contribution < -0.4 is 10.1 Å². The third-order valence-electron chi connectivity index (χ3n) is 5.01. The molecule has 2 aromatic carbocycles. The molecule has 0 bridgehead atoms. The molecule has 9 heteroatoms. The summed E-state index contributed by atoms with van der Waals surface area (Å²) in [6.45, 7) is 7.95. The van der Waals surface area contributed by atoms with Crippen LogP contribution in [0.15, 0.2) is 53.7 Å². The highest BCUT2D eigenvalue weighted by Crippen LogP contribution is 2.31. The van der Waals surface area contributed by atoms with Crippen LogP contribution in [0.4, 0.5) is 5.69 Å². The second-order valence-corrected chi connectivity index (χ2v) is 8.99. The fourth-order valence-corrected chi connectivity index (χ4v) is 4.46. The van der Waals surface area contributed by atoms with E-state index in [1.54, 1.807) is 36.4 Å². The van der Waals surface area contributed by atoms with Crippen molar-refractivity contribution in [3.63, 3.8) is 0 Å². The van der Waals surface area contributed by atoms with Gasteiger partial charge in [-0.25, -0.2) is 0 Å². The van der Waals surface area contributed by atoms with Crippen LogP contribution in [0.2, 0.25) is 5.02 Å². The number of nitrogens with one attached hydrogen (secondary N) is 1. The Balaban J connectivity index is 1.74. The van der Waals surface area contributed by atoms with Gasteiger partial charge in [0.05, 0.1) is 10.3 Å². The molecule has 3 aromatic rings. The summed E-state index contributed by atoms with van der Waals surface area (Å²) in [6, 6.07) is 14.2. The molecule has 33 heavy (non-hydrogen) atoms. The zero-order valence-electron chi connectivity index (χ0n) is 19.0. The van der Waals surface area contributed by atoms with Crippen molar-refractivity contribution in [1.82, 2.24) is 14.8 Å². The number of anilines is 1. The smallest absolute Gasteiger partial charge is 0.237 e. The van der Waals surface area contributed by atoms with Gasteiger partial charge in [0.1, 0.15) is 5.75 Å². The Labute approximate surface area is 202 Å². The molecule has 174 valence electrons. The van der Waals surface area contributed by atoms with E-state index in [-0.39, 0.29) is 23.0 Å². The van der Waals surface area contributed by atoms with E-state index in [9.17, 15) is 9.59 Å². The first kappa shape index (κ1) is 24.8. The number of amides is 1. The molecule has 0 fully saturated rings. The van der Waals surface area contributed by atoms with E-state index >= 15 is 0 Å². The van der Waals surface area contributed by atoms with Crippen molar-refractivity contribution < 1.29 is 14.3 Å². The number of hydrogen-bond acceptors (Lipinski definition) is 6. The lowest BCUT2D eigenvalue weighted by Crippen LogP contribution is -2.25. The molecule has 0 saturated carbocycles. The lowest BCUT2D eigenvalue weighted by molar-refractivity contribution is -0.115. The second-order valence-electron chi connectivity index (χ2n) is 7.42. The molecule has 3 rings (SSSR count). The van der Waals surface area contributed by atoms with Gasteiger partial charge < -0.3 is 14.6 Å². The van der Waals surface area contributed by atoms with Crippen LogP contribution in [-0.4, -0.2) is 31.7 Å². The zero-order chi connectivity index (χ0) is 24.0. The van der Waals surface area contributed by atoms with Crippen LogP contribution in [0.3, 0.4) is 0 Å². The largest absolute Gasteiger partial charge is 0.481 e. The molecule has 2 unspecified atom stereocenters. The van der Waals surface area contributed by atoms with Gasteiger partial charge in [0.25, 0.3) is 0 Å². The minimum absolute atomic E-state index is 0.0516. The van der Waals surface area contributed by atoms with Crippen LogP contribution in [0, 0.1) is 0 Å². The van der Waals surface area contributed by atoms with Crippen molar-refractivity contribution in [2.45, 2.75) is 57.2 Å². The van der Waals surface area contributed by atoms with Gasteiger partial charge in [0.2, 0.25) is 5.91 Å². The number of halogens is 1. The van der Waals surface area contributed by atoms with Gasteiger partial charge in [-0.3, -0.25) is 9.59 Å². The molecule has 0 aliphatic heterocycles. The molecule has 0 aliphatic rings. The van der Waals surface area contributed by atoms with Crippen LogP contribution in [0.25, 0.3) is 0 Å². The Morgan fingerprint density at radius 3 is 2.58 bits per heavy atom. The summed E-state index contributed by atoms with van der Waals surface area (Å²) in [4.78, 5) is 24.6. The number of ether oxygens (including phenoxy) is 1. The lowest BCUT2D eigenvalue weighted by atomic mass is 10.1. The fourth-order valence-electron chi connectivity index (χ4n) is 3.26. The van der Waals surface area contributed by atoms with E-state index < -0.39 is 0 Å². The zero-order valence-corrected chi connectivity index (χ0v) is 20.6. The van der Waals surface area contributed by atoms with Gasteiger partial charge in [-0.05, 0) is 51.5 Å². The van der Waals surface area contributed by atoms with E-state index in [0.29, 0.717) is 46.0 Å². The third kappa shape index (κ3) is 6.15. The monoisotopic (exact) mass is 486 g/mol. The number of carbonyl (C=O) groups is 2. The van der Waals surface area contributed by atoms with Crippen LogP contribution >= 0.6 is 23.4 Å². The predicted octanol–water partition coefficient (Wildman–Crippen LogP) is 5.80. The summed E-state index contributed by atoms with van der Waals surface area (Å²) in [7, 11) is 0. The Morgan fingerprint density at radius 1 is 1.15 bits per heavy atom. The number of hydrogen-bond donors (Lipinski definition) is 1. The van der Waals surface area contributed by atoms with Gasteiger partial charge in [-0.15, -0.1) is 10.2 Å². The molecule has 2 atom stereocenters. The minimum Gasteiger partial charge on any atom is -0.481 e. The van der Waals surface area contributed by atoms with E-state index in [1.165, 1.54) is 18.7 Å². The second kappa shape index (κ2) is 11.3. The van der Waals surface area contributed by atoms with Crippen molar-refractivity contribution in [3.8, 4) is 5.75 Å². The summed E-state index contributed by atoms with van der Waals surface area (Å²) < 4.78 is 7.95. The molecule has 1 amide bonds. The minimum atomic E-state index is -0.381. The molecule has 0 aliphatic carbocycles. The topological polar surface area (TPSA) is 86.1 Å². The Hall–Kier alpha value is -2.84. The molecule has 1 heterocycles. The summed E-state index contributed by atoms with van der Waals surface area (Å²) in [6.07, 6.45) is 0.218. The number of Topliss-reactive ketones (excluding diaryl/α,β-unsaturated/α-hetero) is 1. The highest BCUT2D eigenvalue weighted by molar-refractivity contribution is 8.00. The highest BCUT2D eigenvalue weighted by atomic mass is 35.5. The summed E-state index contributed by atoms with van der Waals surface area (Å²) in [5.41, 5.74) is 1.14. The summed E-state index contributed by atoms with van der Waals surface area (Å²) in [5.74, 6) is 1.02. The van der Waals surface area contributed by atoms with Gasteiger partial charge in [0, 0.05) is 17.8 Å². The maximum Gasteiger partial charge on any atom is 0.237 e. The van der Waals surface area contributed by atoms with E-state index in [1.807, 2.05) is 37.5 Å². The van der Waals surface area contributed by atoms with Crippen molar-refractivity contribution in [2.75, 3.05) is 5.32 Å². The lowest BCUT2D eigenvalue weighted by Gasteiger charge is -2.18. The number of nitrogens with zero attached hydrogens (tertiary/aromatic N) is 3. The Bertz CT molecular complexity index is 1130. The van der Waals surface area contributed by atoms with E-state index in [0.717, 1.165) is 0 Å². The van der Waals surface area contributed by atoms with Crippen LogP contribution in [-0.2, 0) is 11.3 Å². The number of rotatable bonds is 10. The van der Waals surface area contributed by atoms with Gasteiger partial charge in [-0.2, -0.15) is 0 Å². The van der Waals surface area contributed by atoms with Gasteiger partial charge in [-0.1, -0.05) is 54.6 Å². The molecular formula is C24H27ClN4O3S. The Kier molecular flexibility index (Phi) is 8.52. The first-order valence-electron chi connectivity index (χ1n) is 10.8. The van der Waals surface area contributed by atoms with Crippen LogP contribution in [0.5, 0.6) is 5.75 Å².